The third-order valence-corrected chi connectivity index (χ3v) is 5.50. The Balaban J connectivity index is 1.40. The molecular weight excluding hydrogens is 378 g/mol. The van der Waals surface area contributed by atoms with E-state index in [4.69, 9.17) is 0 Å². The molecule has 4 rings (SSSR count). The second-order valence-corrected chi connectivity index (χ2v) is 7.61. The lowest BCUT2D eigenvalue weighted by atomic mass is 10.1. The van der Waals surface area contributed by atoms with Crippen molar-refractivity contribution in [3.63, 3.8) is 0 Å². The number of anilines is 1. The highest BCUT2D eigenvalue weighted by molar-refractivity contribution is 9.10. The Kier molecular flexibility index (Phi) is 4.72. The molecule has 0 amide bonds. The molecule has 5 nitrogen and oxygen atoms in total. The first-order valence-electron chi connectivity index (χ1n) is 8.66. The lowest BCUT2D eigenvalue weighted by molar-refractivity contribution is 0.317. The average Bonchev–Trinajstić information content (AvgIpc) is 3.22. The molecule has 1 atom stereocenters. The van der Waals surface area contributed by atoms with Crippen LogP contribution in [0, 0.1) is 5.92 Å². The Morgan fingerprint density at radius 2 is 2.04 bits per heavy atom. The zero-order valence-electron chi connectivity index (χ0n) is 14.3. The molecular formula is C19H22BrN5. The van der Waals surface area contributed by atoms with Gasteiger partial charge < -0.3 is 4.90 Å². The van der Waals surface area contributed by atoms with Gasteiger partial charge in [0.25, 0.3) is 0 Å². The Labute approximate surface area is 156 Å². The molecule has 1 aliphatic rings. The Morgan fingerprint density at radius 1 is 1.20 bits per heavy atom. The first kappa shape index (κ1) is 16.5. The van der Waals surface area contributed by atoms with Crippen molar-refractivity contribution in [3.05, 3.63) is 59.0 Å². The standard InChI is InChI=1S/C19H22BrN5/c1-23(19-17-7-8-18(20)25(17)22-14-21-19)11-16-9-10-24(13-16)12-15-5-3-2-4-6-15/h2-8,14,16H,9-13H2,1H3. The van der Waals surface area contributed by atoms with Crippen molar-refractivity contribution in [2.75, 3.05) is 31.6 Å². The minimum absolute atomic E-state index is 0.669. The van der Waals surface area contributed by atoms with Crippen LogP contribution in [0.25, 0.3) is 5.52 Å². The summed E-state index contributed by atoms with van der Waals surface area (Å²) in [5.41, 5.74) is 2.43. The number of aromatic nitrogens is 3. The summed E-state index contributed by atoms with van der Waals surface area (Å²) < 4.78 is 2.84. The highest BCUT2D eigenvalue weighted by Crippen LogP contribution is 2.25. The Hall–Kier alpha value is -1.92. The molecule has 3 aromatic rings. The molecule has 1 unspecified atom stereocenters. The highest BCUT2D eigenvalue weighted by atomic mass is 79.9. The first-order chi connectivity index (χ1) is 12.2. The monoisotopic (exact) mass is 399 g/mol. The van der Waals surface area contributed by atoms with Gasteiger partial charge in [0, 0.05) is 26.7 Å². The van der Waals surface area contributed by atoms with Crippen LogP contribution in [0.1, 0.15) is 12.0 Å². The van der Waals surface area contributed by atoms with Gasteiger partial charge in [-0.25, -0.2) is 9.50 Å². The second kappa shape index (κ2) is 7.14. The minimum Gasteiger partial charge on any atom is -0.358 e. The van der Waals surface area contributed by atoms with E-state index in [1.807, 2.05) is 10.6 Å². The summed E-state index contributed by atoms with van der Waals surface area (Å²) in [4.78, 5) is 9.33. The SMILES string of the molecule is CN(CC1CCN(Cc2ccccc2)C1)c1ncnn2c(Br)ccc12. The van der Waals surface area contributed by atoms with Gasteiger partial charge >= 0.3 is 0 Å². The number of fused-ring (bicyclic) bond motifs is 1. The summed E-state index contributed by atoms with van der Waals surface area (Å²) in [5.74, 6) is 1.66. The predicted octanol–water partition coefficient (Wildman–Crippen LogP) is 3.45. The average molecular weight is 400 g/mol. The number of likely N-dealkylation sites (tertiary alicyclic amines) is 1. The highest BCUT2D eigenvalue weighted by Gasteiger charge is 2.24. The minimum atomic E-state index is 0.669. The maximum Gasteiger partial charge on any atom is 0.156 e. The van der Waals surface area contributed by atoms with Crippen molar-refractivity contribution in [3.8, 4) is 0 Å². The van der Waals surface area contributed by atoms with E-state index in [9.17, 15) is 0 Å². The maximum absolute atomic E-state index is 4.51. The van der Waals surface area contributed by atoms with Gasteiger partial charge in [-0.2, -0.15) is 5.10 Å². The molecule has 0 aliphatic carbocycles. The summed E-state index contributed by atoms with van der Waals surface area (Å²) >= 11 is 3.53. The van der Waals surface area contributed by atoms with Gasteiger partial charge in [-0.05, 0) is 52.5 Å². The Bertz CT molecular complexity index is 847. The molecule has 130 valence electrons. The molecule has 25 heavy (non-hydrogen) atoms. The molecule has 0 bridgehead atoms. The van der Waals surface area contributed by atoms with E-state index in [1.54, 1.807) is 6.33 Å². The largest absolute Gasteiger partial charge is 0.358 e. The topological polar surface area (TPSA) is 36.7 Å². The van der Waals surface area contributed by atoms with Crippen LogP contribution in [-0.2, 0) is 6.54 Å². The van der Waals surface area contributed by atoms with Crippen LogP contribution in [0.15, 0.2) is 53.4 Å². The van der Waals surface area contributed by atoms with E-state index < -0.39 is 0 Å². The molecule has 1 aliphatic heterocycles. The third kappa shape index (κ3) is 3.55. The van der Waals surface area contributed by atoms with Gasteiger partial charge in [0.2, 0.25) is 0 Å². The van der Waals surface area contributed by atoms with Crippen LogP contribution in [0.4, 0.5) is 5.82 Å². The molecule has 1 fully saturated rings. The van der Waals surface area contributed by atoms with E-state index >= 15 is 0 Å². The van der Waals surface area contributed by atoms with E-state index in [2.05, 4.69) is 79.3 Å². The molecule has 0 spiro atoms. The number of hydrogen-bond donors (Lipinski definition) is 0. The van der Waals surface area contributed by atoms with E-state index in [-0.39, 0.29) is 0 Å². The lowest BCUT2D eigenvalue weighted by Gasteiger charge is -2.23. The normalized spacial score (nSPS) is 18.1. The van der Waals surface area contributed by atoms with Crippen molar-refractivity contribution < 1.29 is 0 Å². The molecule has 0 saturated carbocycles. The van der Waals surface area contributed by atoms with Crippen molar-refractivity contribution in [1.82, 2.24) is 19.5 Å². The van der Waals surface area contributed by atoms with Crippen LogP contribution < -0.4 is 4.90 Å². The number of benzene rings is 1. The van der Waals surface area contributed by atoms with E-state index in [1.165, 1.54) is 18.5 Å². The van der Waals surface area contributed by atoms with Gasteiger partial charge in [0.15, 0.2) is 5.82 Å². The Morgan fingerprint density at radius 3 is 2.88 bits per heavy atom. The van der Waals surface area contributed by atoms with Gasteiger partial charge in [-0.3, -0.25) is 4.90 Å². The first-order valence-corrected chi connectivity index (χ1v) is 9.45. The molecule has 3 heterocycles. The maximum atomic E-state index is 4.51. The van der Waals surface area contributed by atoms with Crippen molar-refractivity contribution in [1.29, 1.82) is 0 Å². The zero-order chi connectivity index (χ0) is 17.2. The van der Waals surface area contributed by atoms with Gasteiger partial charge in [0.05, 0.1) is 0 Å². The molecule has 0 N–H and O–H groups in total. The van der Waals surface area contributed by atoms with Crippen LogP contribution in [0.2, 0.25) is 0 Å². The molecule has 0 radical (unpaired) electrons. The molecule has 2 aromatic heterocycles. The summed E-state index contributed by atoms with van der Waals surface area (Å²) in [6.45, 7) is 4.37. The fourth-order valence-corrected chi connectivity index (χ4v) is 4.12. The van der Waals surface area contributed by atoms with Gasteiger partial charge in [0.1, 0.15) is 16.4 Å². The summed E-state index contributed by atoms with van der Waals surface area (Å²) in [6, 6.07) is 14.8. The number of halogens is 1. The van der Waals surface area contributed by atoms with Crippen LogP contribution in [-0.4, -0.2) is 46.2 Å². The summed E-state index contributed by atoms with van der Waals surface area (Å²) in [6.07, 6.45) is 2.86. The van der Waals surface area contributed by atoms with E-state index in [0.717, 1.165) is 35.6 Å². The van der Waals surface area contributed by atoms with Gasteiger partial charge in [-0.1, -0.05) is 30.3 Å². The zero-order valence-corrected chi connectivity index (χ0v) is 15.9. The van der Waals surface area contributed by atoms with Gasteiger partial charge in [-0.15, -0.1) is 0 Å². The van der Waals surface area contributed by atoms with Crippen LogP contribution in [0.3, 0.4) is 0 Å². The molecule has 6 heteroatoms. The number of rotatable bonds is 5. The molecule has 1 aromatic carbocycles. The number of nitrogens with zero attached hydrogens (tertiary/aromatic N) is 5. The van der Waals surface area contributed by atoms with E-state index in [0.29, 0.717) is 5.92 Å². The fraction of sp³-hybridized carbons (Fsp3) is 0.368. The fourth-order valence-electron chi connectivity index (χ4n) is 3.70. The second-order valence-electron chi connectivity index (χ2n) is 6.79. The number of hydrogen-bond acceptors (Lipinski definition) is 4. The van der Waals surface area contributed by atoms with Crippen molar-refractivity contribution >= 4 is 27.3 Å². The molecule has 1 saturated heterocycles. The summed E-state index contributed by atoms with van der Waals surface area (Å²) in [5, 5.41) is 4.30. The summed E-state index contributed by atoms with van der Waals surface area (Å²) in [7, 11) is 2.13. The van der Waals surface area contributed by atoms with Crippen molar-refractivity contribution in [2.45, 2.75) is 13.0 Å². The quantitative estimate of drug-likeness (QED) is 0.658. The predicted molar refractivity (Wildman–Crippen MR) is 104 cm³/mol. The smallest absolute Gasteiger partial charge is 0.156 e. The van der Waals surface area contributed by atoms with Crippen LogP contribution in [0.5, 0.6) is 0 Å². The third-order valence-electron chi connectivity index (χ3n) is 4.90. The van der Waals surface area contributed by atoms with Crippen LogP contribution >= 0.6 is 15.9 Å². The van der Waals surface area contributed by atoms with Crippen molar-refractivity contribution in [2.24, 2.45) is 5.92 Å². The lowest BCUT2D eigenvalue weighted by Crippen LogP contribution is -2.29.